The van der Waals surface area contributed by atoms with Gasteiger partial charge in [-0.3, -0.25) is 4.98 Å². The molecule has 0 bridgehead atoms. The van der Waals surface area contributed by atoms with E-state index < -0.39 is 0 Å². The van der Waals surface area contributed by atoms with E-state index in [9.17, 15) is 0 Å². The highest BCUT2D eigenvalue weighted by Crippen LogP contribution is 2.27. The molecule has 1 saturated heterocycles. The number of anilines is 2. The molecule has 2 N–H and O–H groups in total. The summed E-state index contributed by atoms with van der Waals surface area (Å²) >= 11 is 11.5. The highest BCUT2D eigenvalue weighted by atomic mass is 35.5. The number of nitrogens with one attached hydrogen (secondary N) is 2. The first-order valence-electron chi connectivity index (χ1n) is 8.73. The summed E-state index contributed by atoms with van der Waals surface area (Å²) in [6.45, 7) is 7.06. The van der Waals surface area contributed by atoms with E-state index in [1.807, 2.05) is 18.2 Å². The highest BCUT2D eigenvalue weighted by Gasteiger charge is 2.23. The topological polar surface area (TPSA) is 66.0 Å². The van der Waals surface area contributed by atoms with Crippen molar-refractivity contribution in [3.8, 4) is 0 Å². The molecule has 0 amide bonds. The molecular formula is C18H23ClN6S. The van der Waals surface area contributed by atoms with Gasteiger partial charge in [0.15, 0.2) is 5.11 Å². The maximum atomic E-state index is 6.21. The number of hydrogen-bond acceptors (Lipinski definition) is 5. The van der Waals surface area contributed by atoms with Crippen molar-refractivity contribution in [2.45, 2.75) is 26.8 Å². The van der Waals surface area contributed by atoms with Crippen LogP contribution in [0, 0.1) is 11.8 Å². The Morgan fingerprint density at radius 1 is 1.31 bits per heavy atom. The van der Waals surface area contributed by atoms with Gasteiger partial charge in [-0.05, 0) is 42.1 Å². The van der Waals surface area contributed by atoms with Gasteiger partial charge < -0.3 is 15.5 Å². The summed E-state index contributed by atoms with van der Waals surface area (Å²) in [5.41, 5.74) is 1.04. The number of nitrogens with zero attached hydrogens (tertiary/aromatic N) is 4. The first kappa shape index (κ1) is 18.8. The van der Waals surface area contributed by atoms with Gasteiger partial charge in [0.25, 0.3) is 0 Å². The molecule has 2 atom stereocenters. The average molecular weight is 391 g/mol. The Balaban J connectivity index is 1.64. The lowest BCUT2D eigenvalue weighted by atomic mass is 9.92. The minimum absolute atomic E-state index is 0.401. The summed E-state index contributed by atoms with van der Waals surface area (Å²) in [6, 6.07) is 5.68. The van der Waals surface area contributed by atoms with Crippen molar-refractivity contribution < 1.29 is 0 Å². The number of piperidine rings is 1. The van der Waals surface area contributed by atoms with E-state index in [4.69, 9.17) is 23.8 Å². The maximum Gasteiger partial charge on any atom is 0.232 e. The first-order chi connectivity index (χ1) is 12.5. The molecule has 1 aliphatic heterocycles. The van der Waals surface area contributed by atoms with Gasteiger partial charge in [0.1, 0.15) is 11.0 Å². The van der Waals surface area contributed by atoms with Crippen molar-refractivity contribution in [3.05, 3.63) is 41.3 Å². The second-order valence-corrected chi connectivity index (χ2v) is 7.69. The van der Waals surface area contributed by atoms with Crippen molar-refractivity contribution in [1.82, 2.24) is 20.3 Å². The second-order valence-electron chi connectivity index (χ2n) is 6.89. The van der Waals surface area contributed by atoms with Crippen LogP contribution >= 0.6 is 23.8 Å². The van der Waals surface area contributed by atoms with Crippen LogP contribution in [0.5, 0.6) is 0 Å². The van der Waals surface area contributed by atoms with E-state index in [0.717, 1.165) is 24.5 Å². The lowest BCUT2D eigenvalue weighted by Crippen LogP contribution is -2.39. The molecule has 1 aliphatic rings. The van der Waals surface area contributed by atoms with Crippen LogP contribution in [0.4, 0.5) is 11.8 Å². The average Bonchev–Trinajstić information content (AvgIpc) is 2.59. The largest absolute Gasteiger partial charge is 0.358 e. The van der Waals surface area contributed by atoms with Crippen LogP contribution in [0.15, 0.2) is 30.6 Å². The minimum Gasteiger partial charge on any atom is -0.358 e. The van der Waals surface area contributed by atoms with Gasteiger partial charge in [0.05, 0.1) is 0 Å². The van der Waals surface area contributed by atoms with Gasteiger partial charge in [-0.1, -0.05) is 31.5 Å². The van der Waals surface area contributed by atoms with E-state index in [1.54, 1.807) is 12.4 Å². The van der Waals surface area contributed by atoms with E-state index in [-0.39, 0.29) is 0 Å². The molecule has 138 valence electrons. The van der Waals surface area contributed by atoms with E-state index in [2.05, 4.69) is 44.3 Å². The SMILES string of the molecule is C[C@H]1C[C@H](C)CN(c2cc(Cl)nc(NC(=S)NCc3cccnc3)n2)C1. The Morgan fingerprint density at radius 2 is 2.08 bits per heavy atom. The molecule has 0 saturated carbocycles. The summed E-state index contributed by atoms with van der Waals surface area (Å²) in [6.07, 6.45) is 4.77. The zero-order chi connectivity index (χ0) is 18.5. The summed E-state index contributed by atoms with van der Waals surface area (Å²) in [5, 5.41) is 6.99. The smallest absolute Gasteiger partial charge is 0.232 e. The molecule has 26 heavy (non-hydrogen) atoms. The van der Waals surface area contributed by atoms with Crippen LogP contribution in [-0.2, 0) is 6.54 Å². The molecular weight excluding hydrogens is 368 g/mol. The molecule has 0 aromatic carbocycles. The van der Waals surface area contributed by atoms with Gasteiger partial charge in [-0.2, -0.15) is 4.98 Å². The lowest BCUT2D eigenvalue weighted by Gasteiger charge is -2.35. The first-order valence-corrected chi connectivity index (χ1v) is 9.51. The van der Waals surface area contributed by atoms with Crippen molar-refractivity contribution >= 4 is 40.7 Å². The fourth-order valence-corrected chi connectivity index (χ4v) is 3.65. The summed E-state index contributed by atoms with van der Waals surface area (Å²) in [4.78, 5) is 15.2. The van der Waals surface area contributed by atoms with Crippen LogP contribution in [0.1, 0.15) is 25.8 Å². The molecule has 3 heterocycles. The van der Waals surface area contributed by atoms with Gasteiger partial charge in [0.2, 0.25) is 5.95 Å². The number of halogens is 1. The Bertz CT molecular complexity index is 747. The molecule has 0 radical (unpaired) electrons. The van der Waals surface area contributed by atoms with Gasteiger partial charge in [-0.25, -0.2) is 4.98 Å². The fourth-order valence-electron chi connectivity index (χ4n) is 3.30. The highest BCUT2D eigenvalue weighted by molar-refractivity contribution is 7.80. The molecule has 0 unspecified atom stereocenters. The Kier molecular flexibility index (Phi) is 6.21. The predicted octanol–water partition coefficient (Wildman–Crippen LogP) is 3.49. The van der Waals surface area contributed by atoms with E-state index in [1.165, 1.54) is 6.42 Å². The van der Waals surface area contributed by atoms with Crippen LogP contribution in [-0.4, -0.2) is 33.2 Å². The number of aromatic nitrogens is 3. The van der Waals surface area contributed by atoms with Crippen molar-refractivity contribution in [1.29, 1.82) is 0 Å². The number of rotatable bonds is 4. The molecule has 3 rings (SSSR count). The monoisotopic (exact) mass is 390 g/mol. The van der Waals surface area contributed by atoms with Crippen molar-refractivity contribution in [2.24, 2.45) is 11.8 Å². The van der Waals surface area contributed by atoms with E-state index in [0.29, 0.717) is 34.6 Å². The summed E-state index contributed by atoms with van der Waals surface area (Å²) in [5.74, 6) is 2.50. The van der Waals surface area contributed by atoms with Crippen molar-refractivity contribution in [3.63, 3.8) is 0 Å². The quantitative estimate of drug-likeness (QED) is 0.611. The van der Waals surface area contributed by atoms with Crippen molar-refractivity contribution in [2.75, 3.05) is 23.3 Å². The van der Waals surface area contributed by atoms with Crippen LogP contribution < -0.4 is 15.5 Å². The third-order valence-electron chi connectivity index (χ3n) is 4.28. The molecule has 0 aliphatic carbocycles. The number of hydrogen-bond donors (Lipinski definition) is 2. The van der Waals surface area contributed by atoms with Crippen LogP contribution in [0.3, 0.4) is 0 Å². The molecule has 2 aromatic rings. The third kappa shape index (κ3) is 5.25. The normalized spacial score (nSPS) is 19.9. The molecule has 8 heteroatoms. The molecule has 6 nitrogen and oxygen atoms in total. The van der Waals surface area contributed by atoms with Gasteiger partial charge >= 0.3 is 0 Å². The predicted molar refractivity (Wildman–Crippen MR) is 109 cm³/mol. The maximum absolute atomic E-state index is 6.21. The number of thiocarbonyl (C=S) groups is 1. The second kappa shape index (κ2) is 8.60. The Labute approximate surface area is 164 Å². The summed E-state index contributed by atoms with van der Waals surface area (Å²) < 4.78 is 0. The third-order valence-corrected chi connectivity index (χ3v) is 4.72. The minimum atomic E-state index is 0.401. The molecule has 0 spiro atoms. The van der Waals surface area contributed by atoms with Crippen LogP contribution in [0.2, 0.25) is 5.15 Å². The zero-order valence-electron chi connectivity index (χ0n) is 14.9. The van der Waals surface area contributed by atoms with Crippen LogP contribution in [0.25, 0.3) is 0 Å². The van der Waals surface area contributed by atoms with Gasteiger partial charge in [0, 0.05) is 38.1 Å². The Hall–Kier alpha value is -1.99. The van der Waals surface area contributed by atoms with E-state index >= 15 is 0 Å². The van der Waals surface area contributed by atoms with Gasteiger partial charge in [-0.15, -0.1) is 0 Å². The zero-order valence-corrected chi connectivity index (χ0v) is 16.5. The number of pyridine rings is 1. The fraction of sp³-hybridized carbons (Fsp3) is 0.444. The molecule has 1 fully saturated rings. The summed E-state index contributed by atoms with van der Waals surface area (Å²) in [7, 11) is 0. The Morgan fingerprint density at radius 3 is 2.77 bits per heavy atom. The lowest BCUT2D eigenvalue weighted by molar-refractivity contribution is 0.355. The standard InChI is InChI=1S/C18H23ClN6S/c1-12-6-13(2)11-25(10-12)16-7-15(19)22-17(23-16)24-18(26)21-9-14-4-3-5-20-8-14/h3-5,7-8,12-13H,6,9-11H2,1-2H3,(H2,21,22,23,24,26)/t12-,13-/m0/s1. The molecule has 2 aromatic heterocycles.